The number of likely N-dealkylation sites (tertiary alicyclic amines) is 1. The number of carbonyl (C=O) groups is 4. The zero-order chi connectivity index (χ0) is 26.7. The summed E-state index contributed by atoms with van der Waals surface area (Å²) in [6.07, 6.45) is 2.95. The van der Waals surface area contributed by atoms with Gasteiger partial charge in [-0.2, -0.15) is 0 Å². The molecule has 11 heteroatoms. The van der Waals surface area contributed by atoms with E-state index in [0.29, 0.717) is 40.7 Å². The van der Waals surface area contributed by atoms with Gasteiger partial charge in [-0.15, -0.1) is 0 Å². The first-order valence-corrected chi connectivity index (χ1v) is 14.0. The van der Waals surface area contributed by atoms with E-state index >= 15 is 0 Å². The Kier molecular flexibility index (Phi) is 9.00. The largest absolute Gasteiger partial charge is 0.354 e. The fraction of sp³-hybridized carbons (Fsp3) is 0.308. The van der Waals surface area contributed by atoms with Crippen LogP contribution in [0.1, 0.15) is 34.3 Å². The first-order chi connectivity index (χ1) is 17.6. The quantitative estimate of drug-likeness (QED) is 0.413. The maximum absolute atomic E-state index is 13.0. The van der Waals surface area contributed by atoms with E-state index in [2.05, 4.69) is 21.2 Å². The number of imide groups is 1. The Balaban J connectivity index is 1.31. The molecule has 0 aliphatic carbocycles. The molecule has 0 aromatic heterocycles. The number of nitrogens with one attached hydrogen (secondary N) is 1. The minimum Gasteiger partial charge on any atom is -0.354 e. The molecule has 2 saturated heterocycles. The van der Waals surface area contributed by atoms with Gasteiger partial charge in [0.05, 0.1) is 10.8 Å². The molecule has 2 aliphatic rings. The molecule has 0 bridgehead atoms. The molecule has 2 aromatic carbocycles. The third-order valence-electron chi connectivity index (χ3n) is 6.26. The van der Waals surface area contributed by atoms with Crippen molar-refractivity contribution in [3.8, 4) is 0 Å². The van der Waals surface area contributed by atoms with Crippen LogP contribution in [-0.2, 0) is 9.59 Å². The number of hydrogen-bond donors (Lipinski definition) is 1. The van der Waals surface area contributed by atoms with E-state index in [1.807, 2.05) is 19.1 Å². The number of hydrogen-bond acceptors (Lipinski definition) is 5. The Morgan fingerprint density at radius 3 is 2.70 bits per heavy atom. The van der Waals surface area contributed by atoms with E-state index < -0.39 is 11.1 Å². The smallest absolute Gasteiger partial charge is 0.293 e. The Morgan fingerprint density at radius 1 is 1.19 bits per heavy atom. The molecule has 1 N–H and O–H groups in total. The summed E-state index contributed by atoms with van der Waals surface area (Å²) in [5.41, 5.74) is 2.08. The predicted molar refractivity (Wildman–Crippen MR) is 150 cm³/mol. The van der Waals surface area contributed by atoms with Crippen LogP contribution < -0.4 is 5.32 Å². The SMILES string of the molecule is Cc1cc(Br)ccc1C(=O)N1CCCC(C(=O)NCCN2C(=O)S/C(=C\c3ccc(Cl)cc3Cl)C2=O)C1. The van der Waals surface area contributed by atoms with Crippen molar-refractivity contribution in [2.45, 2.75) is 19.8 Å². The molecule has 1 atom stereocenters. The van der Waals surface area contributed by atoms with Crippen LogP contribution in [0.5, 0.6) is 0 Å². The molecule has 0 saturated carbocycles. The maximum atomic E-state index is 13.0. The molecular weight excluding hydrogens is 601 g/mol. The lowest BCUT2D eigenvalue weighted by molar-refractivity contribution is -0.127. The maximum Gasteiger partial charge on any atom is 0.293 e. The average molecular weight is 625 g/mol. The molecule has 4 amide bonds. The highest BCUT2D eigenvalue weighted by atomic mass is 79.9. The van der Waals surface area contributed by atoms with Crippen molar-refractivity contribution in [2.24, 2.45) is 5.92 Å². The number of benzene rings is 2. The molecular formula is C26H24BrCl2N3O4S. The summed E-state index contributed by atoms with van der Waals surface area (Å²) in [5.74, 6) is -1.07. The fourth-order valence-electron chi connectivity index (χ4n) is 4.30. The van der Waals surface area contributed by atoms with Crippen molar-refractivity contribution >= 4 is 79.9 Å². The van der Waals surface area contributed by atoms with E-state index in [4.69, 9.17) is 23.2 Å². The second-order valence-electron chi connectivity index (χ2n) is 8.84. The Bertz CT molecular complexity index is 1300. The van der Waals surface area contributed by atoms with Crippen molar-refractivity contribution in [2.75, 3.05) is 26.2 Å². The van der Waals surface area contributed by atoms with Crippen molar-refractivity contribution in [1.82, 2.24) is 15.1 Å². The van der Waals surface area contributed by atoms with Crippen LogP contribution in [0.15, 0.2) is 45.8 Å². The first-order valence-electron chi connectivity index (χ1n) is 11.7. The van der Waals surface area contributed by atoms with Gasteiger partial charge in [0.1, 0.15) is 0 Å². The normalized spacial score (nSPS) is 19.0. The molecule has 194 valence electrons. The molecule has 0 spiro atoms. The molecule has 2 fully saturated rings. The van der Waals surface area contributed by atoms with Crippen LogP contribution in [0.25, 0.3) is 6.08 Å². The monoisotopic (exact) mass is 623 g/mol. The van der Waals surface area contributed by atoms with Gasteiger partial charge in [-0.25, -0.2) is 0 Å². The second kappa shape index (κ2) is 12.0. The van der Waals surface area contributed by atoms with Gasteiger partial charge in [-0.05, 0) is 79.1 Å². The van der Waals surface area contributed by atoms with Gasteiger partial charge in [0, 0.05) is 46.3 Å². The van der Waals surface area contributed by atoms with Crippen LogP contribution in [0.2, 0.25) is 10.0 Å². The number of carbonyl (C=O) groups excluding carboxylic acids is 4. The van der Waals surface area contributed by atoms with Gasteiger partial charge in [0.2, 0.25) is 5.91 Å². The number of piperidine rings is 1. The number of amides is 4. The topological polar surface area (TPSA) is 86.8 Å². The van der Waals surface area contributed by atoms with Gasteiger partial charge in [0.25, 0.3) is 17.1 Å². The predicted octanol–water partition coefficient (Wildman–Crippen LogP) is 5.77. The molecule has 7 nitrogen and oxygen atoms in total. The number of rotatable bonds is 6. The molecule has 2 aliphatic heterocycles. The van der Waals surface area contributed by atoms with E-state index in [0.717, 1.165) is 33.1 Å². The summed E-state index contributed by atoms with van der Waals surface area (Å²) in [6, 6.07) is 10.4. The first kappa shape index (κ1) is 27.7. The van der Waals surface area contributed by atoms with Crippen molar-refractivity contribution < 1.29 is 19.2 Å². The highest BCUT2D eigenvalue weighted by molar-refractivity contribution is 9.10. The summed E-state index contributed by atoms with van der Waals surface area (Å²) in [7, 11) is 0. The summed E-state index contributed by atoms with van der Waals surface area (Å²) in [4.78, 5) is 54.1. The third-order valence-corrected chi connectivity index (χ3v) is 8.22. The lowest BCUT2D eigenvalue weighted by Crippen LogP contribution is -2.47. The van der Waals surface area contributed by atoms with Gasteiger partial charge >= 0.3 is 0 Å². The van der Waals surface area contributed by atoms with E-state index in [1.54, 1.807) is 35.2 Å². The molecule has 37 heavy (non-hydrogen) atoms. The molecule has 2 heterocycles. The Morgan fingerprint density at radius 2 is 1.97 bits per heavy atom. The summed E-state index contributed by atoms with van der Waals surface area (Å²) in [5, 5.41) is 3.27. The lowest BCUT2D eigenvalue weighted by atomic mass is 9.96. The lowest BCUT2D eigenvalue weighted by Gasteiger charge is -2.32. The highest BCUT2D eigenvalue weighted by Gasteiger charge is 2.35. The summed E-state index contributed by atoms with van der Waals surface area (Å²) < 4.78 is 0.905. The van der Waals surface area contributed by atoms with Gasteiger partial charge in [-0.3, -0.25) is 24.1 Å². The van der Waals surface area contributed by atoms with Gasteiger partial charge in [-0.1, -0.05) is 45.2 Å². The molecule has 2 aromatic rings. The fourth-order valence-corrected chi connectivity index (χ4v) is 6.10. The van der Waals surface area contributed by atoms with Crippen LogP contribution in [-0.4, -0.2) is 58.9 Å². The van der Waals surface area contributed by atoms with Gasteiger partial charge in [0.15, 0.2) is 0 Å². The Labute approximate surface area is 237 Å². The van der Waals surface area contributed by atoms with Gasteiger partial charge < -0.3 is 10.2 Å². The number of aryl methyl sites for hydroxylation is 1. The van der Waals surface area contributed by atoms with Crippen LogP contribution in [0.3, 0.4) is 0 Å². The molecule has 0 radical (unpaired) electrons. The number of nitrogens with zero attached hydrogens (tertiary/aromatic N) is 2. The zero-order valence-electron chi connectivity index (χ0n) is 19.9. The van der Waals surface area contributed by atoms with Crippen LogP contribution >= 0.6 is 50.9 Å². The second-order valence-corrected chi connectivity index (χ2v) is 11.6. The van der Waals surface area contributed by atoms with Crippen molar-refractivity contribution in [3.05, 3.63) is 72.5 Å². The molecule has 1 unspecified atom stereocenters. The van der Waals surface area contributed by atoms with Crippen LogP contribution in [0.4, 0.5) is 4.79 Å². The summed E-state index contributed by atoms with van der Waals surface area (Å²) in [6.45, 7) is 2.99. The van der Waals surface area contributed by atoms with Crippen molar-refractivity contribution in [3.63, 3.8) is 0 Å². The minimum atomic E-state index is -0.436. The highest BCUT2D eigenvalue weighted by Crippen LogP contribution is 2.34. The average Bonchev–Trinajstić information content (AvgIpc) is 3.12. The van der Waals surface area contributed by atoms with E-state index in [9.17, 15) is 19.2 Å². The number of thioether (sulfide) groups is 1. The molecule has 4 rings (SSSR count). The minimum absolute atomic E-state index is 0.0511. The van der Waals surface area contributed by atoms with E-state index in [1.165, 1.54) is 0 Å². The van der Waals surface area contributed by atoms with Crippen LogP contribution in [0, 0.1) is 12.8 Å². The standard InChI is InChI=1S/C26H24BrCl2N3O4S/c1-15-11-18(27)5-7-20(15)24(34)31-9-2-3-17(14-31)23(33)30-8-10-32-25(35)22(37-26(32)36)12-16-4-6-19(28)13-21(16)29/h4-7,11-13,17H,2-3,8-10,14H2,1H3,(H,30,33)/b22-12-. The summed E-state index contributed by atoms with van der Waals surface area (Å²) >= 11 is 16.3. The van der Waals surface area contributed by atoms with Crippen molar-refractivity contribution in [1.29, 1.82) is 0 Å². The van der Waals surface area contributed by atoms with E-state index in [-0.39, 0.29) is 35.7 Å². The third kappa shape index (κ3) is 6.57. The zero-order valence-corrected chi connectivity index (χ0v) is 23.8. The number of halogens is 3. The Hall–Kier alpha value is -2.33.